The molecule has 0 radical (unpaired) electrons. The van der Waals surface area contributed by atoms with Crippen LogP contribution in [0.4, 0.5) is 10.5 Å². The lowest BCUT2D eigenvalue weighted by atomic mass is 10.1. The molecule has 0 bridgehead atoms. The van der Waals surface area contributed by atoms with Gasteiger partial charge in [-0.1, -0.05) is 65.7 Å². The monoisotopic (exact) mass is 560 g/mol. The van der Waals surface area contributed by atoms with Gasteiger partial charge in [-0.25, -0.2) is 9.69 Å². The molecule has 0 saturated carbocycles. The number of hydrogen-bond acceptors (Lipinski definition) is 6. The van der Waals surface area contributed by atoms with Crippen molar-refractivity contribution in [2.45, 2.75) is 6.61 Å². The number of rotatable bonds is 5. The van der Waals surface area contributed by atoms with Crippen LogP contribution in [0.3, 0.4) is 0 Å². The molecule has 194 valence electrons. The second kappa shape index (κ2) is 9.98. The number of benzene rings is 4. The zero-order chi connectivity index (χ0) is 27.1. The highest BCUT2D eigenvalue weighted by atomic mass is 35.5. The van der Waals surface area contributed by atoms with Gasteiger partial charge in [0, 0.05) is 6.07 Å². The number of fused-ring (bicyclic) bond motifs is 2. The maximum atomic E-state index is 13.3. The van der Waals surface area contributed by atoms with Crippen molar-refractivity contribution in [3.05, 3.63) is 99.5 Å². The first-order valence-corrected chi connectivity index (χ1v) is 12.5. The molecule has 1 N–H and O–H groups in total. The molecule has 4 aromatic carbocycles. The molecule has 1 fully saturated rings. The number of nitrogens with zero attached hydrogens (tertiary/aromatic N) is 1. The highest BCUT2D eigenvalue weighted by molar-refractivity contribution is 6.40. The van der Waals surface area contributed by atoms with Gasteiger partial charge in [0.2, 0.25) is 6.79 Å². The number of anilines is 1. The summed E-state index contributed by atoms with van der Waals surface area (Å²) in [7, 11) is 0. The summed E-state index contributed by atoms with van der Waals surface area (Å²) in [4.78, 5) is 39.3. The molecule has 39 heavy (non-hydrogen) atoms. The van der Waals surface area contributed by atoms with Crippen molar-refractivity contribution in [1.29, 1.82) is 0 Å². The summed E-state index contributed by atoms with van der Waals surface area (Å²) in [5, 5.41) is 4.72. The molecule has 0 spiro atoms. The molecular formula is C29H18Cl2N2O6. The number of carbonyl (C=O) groups is 3. The Hall–Kier alpha value is -4.53. The van der Waals surface area contributed by atoms with Crippen LogP contribution in [-0.4, -0.2) is 24.6 Å². The summed E-state index contributed by atoms with van der Waals surface area (Å²) in [6.45, 7) is 0.264. The van der Waals surface area contributed by atoms with Crippen molar-refractivity contribution in [3.63, 3.8) is 0 Å². The SMILES string of the molecule is O=C1NC(=O)N(c2ccc3c(c2)OCO3)C(=O)/C1=C/c1cc(Cl)c(OCc2cccc3ccccc23)c(Cl)c1. The topological polar surface area (TPSA) is 94.2 Å². The molecule has 0 atom stereocenters. The fourth-order valence-corrected chi connectivity index (χ4v) is 5.06. The summed E-state index contributed by atoms with van der Waals surface area (Å²) in [6.07, 6.45) is 1.32. The third-order valence-corrected chi connectivity index (χ3v) is 6.86. The lowest BCUT2D eigenvalue weighted by Crippen LogP contribution is -2.54. The van der Waals surface area contributed by atoms with E-state index in [1.165, 1.54) is 30.3 Å². The van der Waals surface area contributed by atoms with E-state index in [1.807, 2.05) is 42.5 Å². The summed E-state index contributed by atoms with van der Waals surface area (Å²) in [5.74, 6) is -0.516. The number of amides is 4. The average Bonchev–Trinajstić information content (AvgIpc) is 3.39. The number of barbiturate groups is 1. The lowest BCUT2D eigenvalue weighted by molar-refractivity contribution is -0.122. The normalized spacial score (nSPS) is 15.7. The molecule has 2 aliphatic rings. The van der Waals surface area contributed by atoms with E-state index < -0.39 is 17.8 Å². The van der Waals surface area contributed by atoms with Crippen molar-refractivity contribution in [2.75, 3.05) is 11.7 Å². The Bertz CT molecular complexity index is 1690. The molecular weight excluding hydrogens is 543 g/mol. The second-order valence-corrected chi connectivity index (χ2v) is 9.55. The van der Waals surface area contributed by atoms with E-state index in [4.69, 9.17) is 37.4 Å². The summed E-state index contributed by atoms with van der Waals surface area (Å²) < 4.78 is 16.6. The Balaban J connectivity index is 1.27. The van der Waals surface area contributed by atoms with E-state index in [9.17, 15) is 14.4 Å². The number of ether oxygens (including phenoxy) is 3. The first-order valence-electron chi connectivity index (χ1n) is 11.8. The van der Waals surface area contributed by atoms with Gasteiger partial charge in [0.1, 0.15) is 12.2 Å². The van der Waals surface area contributed by atoms with Crippen molar-refractivity contribution in [2.24, 2.45) is 0 Å². The Morgan fingerprint density at radius 1 is 0.897 bits per heavy atom. The Morgan fingerprint density at radius 3 is 2.46 bits per heavy atom. The Labute approximate surface area is 232 Å². The Kier molecular flexibility index (Phi) is 6.34. The molecule has 1 saturated heterocycles. The van der Waals surface area contributed by atoms with Crippen LogP contribution in [0.5, 0.6) is 17.2 Å². The van der Waals surface area contributed by atoms with Crippen LogP contribution in [0.2, 0.25) is 10.0 Å². The van der Waals surface area contributed by atoms with Gasteiger partial charge in [-0.2, -0.15) is 0 Å². The minimum atomic E-state index is -0.880. The zero-order valence-corrected chi connectivity index (χ0v) is 21.6. The summed E-state index contributed by atoms with van der Waals surface area (Å²) in [6, 6.07) is 20.6. The molecule has 4 amide bonds. The lowest BCUT2D eigenvalue weighted by Gasteiger charge is -2.26. The van der Waals surface area contributed by atoms with Crippen LogP contribution < -0.4 is 24.4 Å². The first-order chi connectivity index (χ1) is 18.9. The largest absolute Gasteiger partial charge is 0.486 e. The van der Waals surface area contributed by atoms with Gasteiger partial charge in [0.25, 0.3) is 11.8 Å². The average molecular weight is 561 g/mol. The Morgan fingerprint density at radius 2 is 1.64 bits per heavy atom. The number of imide groups is 2. The van der Waals surface area contributed by atoms with E-state index in [1.54, 1.807) is 6.07 Å². The van der Waals surface area contributed by atoms with Crippen LogP contribution >= 0.6 is 23.2 Å². The molecule has 0 unspecified atom stereocenters. The molecule has 2 heterocycles. The van der Waals surface area contributed by atoms with Gasteiger partial charge in [-0.15, -0.1) is 0 Å². The summed E-state index contributed by atoms with van der Waals surface area (Å²) in [5.41, 5.74) is 1.28. The van der Waals surface area contributed by atoms with Gasteiger partial charge in [0.15, 0.2) is 17.2 Å². The van der Waals surface area contributed by atoms with Crippen molar-refractivity contribution >= 4 is 63.6 Å². The molecule has 10 heteroatoms. The maximum absolute atomic E-state index is 13.3. The van der Waals surface area contributed by atoms with Gasteiger partial charge in [-0.05, 0) is 52.2 Å². The molecule has 8 nitrogen and oxygen atoms in total. The predicted molar refractivity (Wildman–Crippen MR) is 146 cm³/mol. The number of urea groups is 1. The van der Waals surface area contributed by atoms with Gasteiger partial charge in [-0.3, -0.25) is 14.9 Å². The number of nitrogens with one attached hydrogen (secondary N) is 1. The summed E-state index contributed by atoms with van der Waals surface area (Å²) >= 11 is 13.0. The minimum Gasteiger partial charge on any atom is -0.486 e. The maximum Gasteiger partial charge on any atom is 0.335 e. The second-order valence-electron chi connectivity index (χ2n) is 8.74. The van der Waals surface area contributed by atoms with Crippen LogP contribution in [0, 0.1) is 0 Å². The van der Waals surface area contributed by atoms with Crippen molar-refractivity contribution in [1.82, 2.24) is 5.32 Å². The molecule has 0 aliphatic carbocycles. The van der Waals surface area contributed by atoms with E-state index in [0.717, 1.165) is 21.2 Å². The fraction of sp³-hybridized carbons (Fsp3) is 0.0690. The van der Waals surface area contributed by atoms with E-state index in [0.29, 0.717) is 17.1 Å². The third kappa shape index (κ3) is 4.65. The molecule has 2 aliphatic heterocycles. The van der Waals surface area contributed by atoms with Crippen LogP contribution in [0.25, 0.3) is 16.8 Å². The van der Waals surface area contributed by atoms with Crippen molar-refractivity contribution in [3.8, 4) is 17.2 Å². The third-order valence-electron chi connectivity index (χ3n) is 6.30. The fourth-order valence-electron chi connectivity index (χ4n) is 4.45. The standard InChI is InChI=1S/C29H18Cl2N2O6/c30-22-11-16(12-23(31)26(22)37-14-18-6-3-5-17-4-1-2-7-20(17)18)10-21-27(34)32-29(36)33(28(21)35)19-8-9-24-25(13-19)39-15-38-24/h1-13H,14-15H2,(H,32,34,36)/b21-10+. The predicted octanol–water partition coefficient (Wildman–Crippen LogP) is 6.12. The van der Waals surface area contributed by atoms with Crippen LogP contribution in [0.15, 0.2) is 78.4 Å². The van der Waals surface area contributed by atoms with Crippen LogP contribution in [0.1, 0.15) is 11.1 Å². The molecule has 4 aromatic rings. The number of hydrogen-bond donors (Lipinski definition) is 1. The molecule has 6 rings (SSSR count). The van der Waals surface area contributed by atoms with Crippen molar-refractivity contribution < 1.29 is 28.6 Å². The quantitative estimate of drug-likeness (QED) is 0.233. The smallest absolute Gasteiger partial charge is 0.335 e. The van der Waals surface area contributed by atoms with Gasteiger partial charge < -0.3 is 14.2 Å². The highest BCUT2D eigenvalue weighted by Crippen LogP contribution is 2.38. The number of carbonyl (C=O) groups excluding carboxylic acids is 3. The van der Waals surface area contributed by atoms with Gasteiger partial charge >= 0.3 is 6.03 Å². The van der Waals surface area contributed by atoms with Gasteiger partial charge in [0.05, 0.1) is 15.7 Å². The van der Waals surface area contributed by atoms with E-state index in [2.05, 4.69) is 5.32 Å². The minimum absolute atomic E-state index is 0.0335. The highest BCUT2D eigenvalue weighted by Gasteiger charge is 2.37. The number of halogens is 2. The van der Waals surface area contributed by atoms with E-state index in [-0.39, 0.29) is 40.5 Å². The van der Waals surface area contributed by atoms with Crippen LogP contribution in [-0.2, 0) is 16.2 Å². The molecule has 0 aromatic heterocycles. The van der Waals surface area contributed by atoms with E-state index >= 15 is 0 Å². The zero-order valence-electron chi connectivity index (χ0n) is 20.1. The first kappa shape index (κ1) is 24.8.